The summed E-state index contributed by atoms with van der Waals surface area (Å²) in [4.78, 5) is 20.4. The third-order valence-corrected chi connectivity index (χ3v) is 7.07. The van der Waals surface area contributed by atoms with Crippen molar-refractivity contribution in [2.75, 3.05) is 0 Å². The van der Waals surface area contributed by atoms with Crippen molar-refractivity contribution >= 4 is 38.9 Å². The summed E-state index contributed by atoms with van der Waals surface area (Å²) in [6, 6.07) is 6.37. The lowest BCUT2D eigenvalue weighted by atomic mass is 10.1. The number of alkyl halides is 3. The van der Waals surface area contributed by atoms with Crippen molar-refractivity contribution in [2.45, 2.75) is 33.1 Å². The third-order valence-electron chi connectivity index (χ3n) is 4.82. The molecule has 0 spiro atoms. The van der Waals surface area contributed by atoms with Crippen LogP contribution >= 0.6 is 22.7 Å². The van der Waals surface area contributed by atoms with Gasteiger partial charge in [0.1, 0.15) is 28.2 Å². The molecule has 0 atom stereocenters. The molecule has 11 heteroatoms. The minimum atomic E-state index is -4.76. The summed E-state index contributed by atoms with van der Waals surface area (Å²) in [7, 11) is 0. The maximum absolute atomic E-state index is 14.0. The number of fused-ring (bicyclic) bond motifs is 1. The van der Waals surface area contributed by atoms with Crippen LogP contribution in [0.1, 0.15) is 26.7 Å². The molecule has 0 bridgehead atoms. The first-order valence-corrected chi connectivity index (χ1v) is 11.2. The Balaban J connectivity index is 1.59. The highest BCUT2D eigenvalue weighted by Crippen LogP contribution is 2.37. The molecule has 5 nitrogen and oxygen atoms in total. The molecule has 4 aromatic rings. The fourth-order valence-corrected chi connectivity index (χ4v) is 5.28. The number of hydrogen-bond donors (Lipinski definition) is 1. The first-order valence-electron chi connectivity index (χ1n) is 9.60. The van der Waals surface area contributed by atoms with Crippen LogP contribution in [0.5, 0.6) is 5.75 Å². The second-order valence-corrected chi connectivity index (χ2v) is 9.41. The van der Waals surface area contributed by atoms with Crippen molar-refractivity contribution in [3.63, 3.8) is 0 Å². The van der Waals surface area contributed by atoms with Crippen molar-refractivity contribution in [3.05, 3.63) is 62.9 Å². The normalized spacial score (nSPS) is 11.8. The molecule has 0 amide bonds. The van der Waals surface area contributed by atoms with Crippen LogP contribution in [-0.2, 0) is 24.0 Å². The van der Waals surface area contributed by atoms with Crippen LogP contribution in [0.3, 0.4) is 0 Å². The molecule has 0 aliphatic carbocycles. The van der Waals surface area contributed by atoms with Crippen molar-refractivity contribution in [3.8, 4) is 16.3 Å². The van der Waals surface area contributed by atoms with E-state index in [0.29, 0.717) is 33.0 Å². The van der Waals surface area contributed by atoms with Crippen LogP contribution in [0.15, 0.2) is 30.3 Å². The molecule has 0 aliphatic heterocycles. The predicted molar refractivity (Wildman–Crippen MR) is 117 cm³/mol. The van der Waals surface area contributed by atoms with E-state index in [4.69, 9.17) is 9.84 Å². The van der Waals surface area contributed by atoms with E-state index in [1.54, 1.807) is 13.0 Å². The van der Waals surface area contributed by atoms with Crippen LogP contribution in [0, 0.1) is 19.7 Å². The molecular formula is C22H16F4N2O3S2. The molecule has 0 fully saturated rings. The van der Waals surface area contributed by atoms with E-state index in [-0.39, 0.29) is 18.6 Å². The van der Waals surface area contributed by atoms with Crippen molar-refractivity contribution in [2.24, 2.45) is 0 Å². The van der Waals surface area contributed by atoms with Crippen LogP contribution < -0.4 is 4.74 Å². The molecule has 2 heterocycles. The molecule has 0 saturated heterocycles. The summed E-state index contributed by atoms with van der Waals surface area (Å²) in [6.07, 6.45) is -4.95. The standard InChI is InChI=1S/C22H16F4N2O3S2/c1-10-3-6-15-20(33-17(28-15)8-18(29)30)19(10)31-9-16-11(2)27-21(32-16)12-4-5-13(14(23)7-12)22(24,25)26/h3-7H,8-9H2,1-2H3,(H,29,30). The molecule has 0 unspecified atom stereocenters. The van der Waals surface area contributed by atoms with E-state index in [1.807, 2.05) is 13.0 Å². The second kappa shape index (κ2) is 8.71. The molecule has 0 radical (unpaired) electrons. The number of carbonyl (C=O) groups is 1. The minimum absolute atomic E-state index is 0.138. The number of aliphatic carboxylic acids is 1. The summed E-state index contributed by atoms with van der Waals surface area (Å²) < 4.78 is 59.2. The van der Waals surface area contributed by atoms with Gasteiger partial charge in [0.25, 0.3) is 0 Å². The lowest BCUT2D eigenvalue weighted by molar-refractivity contribution is -0.140. The lowest BCUT2D eigenvalue weighted by Crippen LogP contribution is -2.07. The van der Waals surface area contributed by atoms with Gasteiger partial charge in [0.15, 0.2) is 0 Å². The van der Waals surface area contributed by atoms with Gasteiger partial charge in [-0.1, -0.05) is 12.1 Å². The predicted octanol–water partition coefficient (Wildman–Crippen LogP) is 6.40. The van der Waals surface area contributed by atoms with Gasteiger partial charge in [-0.3, -0.25) is 4.79 Å². The van der Waals surface area contributed by atoms with Crippen LogP contribution in [0.4, 0.5) is 17.6 Å². The molecule has 1 N–H and O–H groups in total. The number of halogens is 4. The number of hydrogen-bond acceptors (Lipinski definition) is 6. The van der Waals surface area contributed by atoms with E-state index in [0.717, 1.165) is 21.2 Å². The van der Waals surface area contributed by atoms with Gasteiger partial charge in [-0.15, -0.1) is 22.7 Å². The van der Waals surface area contributed by atoms with E-state index in [9.17, 15) is 22.4 Å². The average Bonchev–Trinajstić information content (AvgIpc) is 3.28. The van der Waals surface area contributed by atoms with Crippen molar-refractivity contribution in [1.29, 1.82) is 0 Å². The molecule has 0 saturated carbocycles. The molecule has 2 aromatic heterocycles. The van der Waals surface area contributed by atoms with Crippen LogP contribution in [0.2, 0.25) is 0 Å². The largest absolute Gasteiger partial charge is 0.486 e. The highest BCUT2D eigenvalue weighted by Gasteiger charge is 2.34. The number of aromatic nitrogens is 2. The van der Waals surface area contributed by atoms with E-state index >= 15 is 0 Å². The van der Waals surface area contributed by atoms with Crippen LogP contribution in [0.25, 0.3) is 20.8 Å². The molecule has 33 heavy (non-hydrogen) atoms. The fraction of sp³-hybridized carbons (Fsp3) is 0.227. The third kappa shape index (κ3) is 4.83. The second-order valence-electron chi connectivity index (χ2n) is 7.25. The topological polar surface area (TPSA) is 72.3 Å². The van der Waals surface area contributed by atoms with Gasteiger partial charge in [0.05, 0.1) is 32.8 Å². The number of benzene rings is 2. The zero-order valence-electron chi connectivity index (χ0n) is 17.3. The number of ether oxygens (including phenoxy) is 1. The Morgan fingerprint density at radius 1 is 1.12 bits per heavy atom. The van der Waals surface area contributed by atoms with E-state index in [2.05, 4.69) is 9.97 Å². The Morgan fingerprint density at radius 2 is 1.88 bits per heavy atom. The van der Waals surface area contributed by atoms with Crippen molar-refractivity contribution in [1.82, 2.24) is 9.97 Å². The van der Waals surface area contributed by atoms with Gasteiger partial charge in [-0.05, 0) is 37.6 Å². The molecule has 172 valence electrons. The monoisotopic (exact) mass is 496 g/mol. The van der Waals surface area contributed by atoms with Gasteiger partial charge < -0.3 is 9.84 Å². The summed E-state index contributed by atoms with van der Waals surface area (Å²) in [5.41, 5.74) is 1.03. The Bertz CT molecular complexity index is 1360. The Hall–Kier alpha value is -3.05. The van der Waals surface area contributed by atoms with Gasteiger partial charge in [-0.25, -0.2) is 14.4 Å². The molecule has 2 aromatic carbocycles. The Labute approximate surface area is 193 Å². The Morgan fingerprint density at radius 3 is 2.55 bits per heavy atom. The van der Waals surface area contributed by atoms with E-state index < -0.39 is 23.5 Å². The number of carboxylic acid groups (broad SMARTS) is 1. The van der Waals surface area contributed by atoms with Crippen molar-refractivity contribution < 1.29 is 32.2 Å². The Kier molecular flexibility index (Phi) is 6.10. The minimum Gasteiger partial charge on any atom is -0.486 e. The first-order chi connectivity index (χ1) is 15.5. The van der Waals surface area contributed by atoms with Gasteiger partial charge in [0, 0.05) is 5.56 Å². The summed E-state index contributed by atoms with van der Waals surface area (Å²) in [5, 5.41) is 9.87. The zero-order valence-corrected chi connectivity index (χ0v) is 18.9. The molecule has 0 aliphatic rings. The number of aryl methyl sites for hydroxylation is 2. The quantitative estimate of drug-likeness (QED) is 0.313. The molecule has 4 rings (SSSR count). The summed E-state index contributed by atoms with van der Waals surface area (Å²) in [6.45, 7) is 3.74. The van der Waals surface area contributed by atoms with Gasteiger partial charge in [-0.2, -0.15) is 13.2 Å². The number of rotatable bonds is 6. The highest BCUT2D eigenvalue weighted by atomic mass is 32.1. The fourth-order valence-electron chi connectivity index (χ4n) is 3.20. The summed E-state index contributed by atoms with van der Waals surface area (Å²) >= 11 is 2.45. The lowest BCUT2D eigenvalue weighted by Gasteiger charge is -2.09. The first kappa shape index (κ1) is 23.1. The van der Waals surface area contributed by atoms with Crippen LogP contribution in [-0.4, -0.2) is 21.0 Å². The highest BCUT2D eigenvalue weighted by molar-refractivity contribution is 7.19. The maximum atomic E-state index is 14.0. The number of nitrogens with zero attached hydrogens (tertiary/aromatic N) is 2. The smallest absolute Gasteiger partial charge is 0.419 e. The number of carboxylic acids is 1. The van der Waals surface area contributed by atoms with Gasteiger partial charge >= 0.3 is 12.1 Å². The van der Waals surface area contributed by atoms with Gasteiger partial charge in [0.2, 0.25) is 0 Å². The molecular weight excluding hydrogens is 480 g/mol. The summed E-state index contributed by atoms with van der Waals surface area (Å²) in [5.74, 6) is -1.74. The SMILES string of the molecule is Cc1ccc2nc(CC(=O)O)sc2c1OCc1sc(-c2ccc(C(F)(F)F)c(F)c2)nc1C. The van der Waals surface area contributed by atoms with E-state index in [1.165, 1.54) is 28.7 Å². The maximum Gasteiger partial charge on any atom is 0.419 e. The zero-order chi connectivity index (χ0) is 23.9. The number of thiazole rings is 2. The average molecular weight is 497 g/mol.